The van der Waals surface area contributed by atoms with Gasteiger partial charge in [-0.2, -0.15) is 11.8 Å². The molecule has 0 aliphatic carbocycles. The SMILES string of the molecule is CCNCc1cc(S(=O)(=O)NCCSC)cc(C)c1F. The predicted molar refractivity (Wildman–Crippen MR) is 82.1 cm³/mol. The van der Waals surface area contributed by atoms with Crippen molar-refractivity contribution in [2.75, 3.05) is 25.1 Å². The largest absolute Gasteiger partial charge is 0.313 e. The van der Waals surface area contributed by atoms with E-state index in [1.165, 1.54) is 12.1 Å². The van der Waals surface area contributed by atoms with E-state index in [0.29, 0.717) is 36.5 Å². The maximum absolute atomic E-state index is 13.9. The van der Waals surface area contributed by atoms with E-state index in [1.807, 2.05) is 13.2 Å². The molecule has 0 spiro atoms. The molecule has 0 atom stereocenters. The summed E-state index contributed by atoms with van der Waals surface area (Å²) in [6.07, 6.45) is 1.91. The molecular formula is C13H21FN2O2S2. The average molecular weight is 320 g/mol. The number of hydrogen-bond acceptors (Lipinski definition) is 4. The first kappa shape index (κ1) is 17.4. The van der Waals surface area contributed by atoms with E-state index in [-0.39, 0.29) is 10.7 Å². The zero-order valence-corrected chi connectivity index (χ0v) is 13.6. The molecule has 1 aromatic carbocycles. The first-order valence-corrected chi connectivity index (χ1v) is 9.28. The van der Waals surface area contributed by atoms with E-state index in [1.54, 1.807) is 18.7 Å². The van der Waals surface area contributed by atoms with E-state index in [2.05, 4.69) is 10.0 Å². The lowest BCUT2D eigenvalue weighted by Crippen LogP contribution is -2.26. The average Bonchev–Trinajstić information content (AvgIpc) is 2.40. The topological polar surface area (TPSA) is 58.2 Å². The Morgan fingerprint density at radius 1 is 1.35 bits per heavy atom. The molecule has 0 radical (unpaired) electrons. The summed E-state index contributed by atoms with van der Waals surface area (Å²) in [5.41, 5.74) is 0.711. The molecule has 0 fully saturated rings. The van der Waals surface area contributed by atoms with Gasteiger partial charge in [-0.1, -0.05) is 6.92 Å². The number of nitrogens with one attached hydrogen (secondary N) is 2. The van der Waals surface area contributed by atoms with E-state index in [9.17, 15) is 12.8 Å². The summed E-state index contributed by atoms with van der Waals surface area (Å²) in [5, 5.41) is 3.01. The molecule has 0 unspecified atom stereocenters. The third kappa shape index (κ3) is 4.73. The van der Waals surface area contributed by atoms with Crippen LogP contribution in [0.4, 0.5) is 4.39 Å². The van der Waals surface area contributed by atoms with Gasteiger partial charge in [-0.05, 0) is 37.4 Å². The van der Waals surface area contributed by atoms with Crippen molar-refractivity contribution in [2.45, 2.75) is 25.3 Å². The van der Waals surface area contributed by atoms with Crippen LogP contribution in [0.15, 0.2) is 17.0 Å². The molecule has 7 heteroatoms. The molecule has 20 heavy (non-hydrogen) atoms. The van der Waals surface area contributed by atoms with Gasteiger partial charge in [0.15, 0.2) is 0 Å². The Hall–Kier alpha value is -0.630. The fraction of sp³-hybridized carbons (Fsp3) is 0.538. The highest BCUT2D eigenvalue weighted by Crippen LogP contribution is 2.19. The van der Waals surface area contributed by atoms with Crippen LogP contribution in [0.3, 0.4) is 0 Å². The van der Waals surface area contributed by atoms with Crippen molar-refractivity contribution >= 4 is 21.8 Å². The van der Waals surface area contributed by atoms with Gasteiger partial charge in [0.2, 0.25) is 10.0 Å². The number of thioether (sulfide) groups is 1. The number of halogens is 1. The normalized spacial score (nSPS) is 11.8. The van der Waals surface area contributed by atoms with Crippen LogP contribution in [0.5, 0.6) is 0 Å². The van der Waals surface area contributed by atoms with Gasteiger partial charge in [-0.15, -0.1) is 0 Å². The minimum atomic E-state index is -3.58. The molecule has 1 aromatic rings. The second kappa shape index (κ2) is 7.97. The van der Waals surface area contributed by atoms with Crippen LogP contribution in [-0.2, 0) is 16.6 Å². The summed E-state index contributed by atoms with van der Waals surface area (Å²) in [4.78, 5) is 0.116. The number of rotatable bonds is 8. The fourth-order valence-corrected chi connectivity index (χ4v) is 3.31. The Labute approximate surface area is 124 Å². The third-order valence-electron chi connectivity index (χ3n) is 2.78. The minimum Gasteiger partial charge on any atom is -0.313 e. The molecule has 114 valence electrons. The number of hydrogen-bond donors (Lipinski definition) is 2. The van der Waals surface area contributed by atoms with Crippen molar-refractivity contribution in [3.05, 3.63) is 29.1 Å². The van der Waals surface area contributed by atoms with Crippen LogP contribution in [0.2, 0.25) is 0 Å². The van der Waals surface area contributed by atoms with E-state index >= 15 is 0 Å². The Bertz CT molecular complexity index is 548. The molecule has 2 N–H and O–H groups in total. The summed E-state index contributed by atoms with van der Waals surface area (Å²) >= 11 is 1.56. The minimum absolute atomic E-state index is 0.116. The van der Waals surface area contributed by atoms with Crippen molar-refractivity contribution in [1.29, 1.82) is 0 Å². The van der Waals surface area contributed by atoms with Gasteiger partial charge in [-0.3, -0.25) is 0 Å². The Balaban J connectivity index is 3.03. The Kier molecular flexibility index (Phi) is 6.94. The first-order valence-electron chi connectivity index (χ1n) is 6.40. The van der Waals surface area contributed by atoms with E-state index in [0.717, 1.165) is 0 Å². The summed E-state index contributed by atoms with van der Waals surface area (Å²) in [7, 11) is -3.58. The van der Waals surface area contributed by atoms with Gasteiger partial charge in [0, 0.05) is 24.4 Å². The summed E-state index contributed by atoms with van der Waals surface area (Å²) in [6, 6.07) is 2.76. The highest BCUT2D eigenvalue weighted by molar-refractivity contribution is 7.98. The molecule has 0 saturated carbocycles. The molecule has 4 nitrogen and oxygen atoms in total. The van der Waals surface area contributed by atoms with Gasteiger partial charge >= 0.3 is 0 Å². The molecule has 0 bridgehead atoms. The Morgan fingerprint density at radius 2 is 2.05 bits per heavy atom. The van der Waals surface area contributed by atoms with Crippen LogP contribution in [0.25, 0.3) is 0 Å². The number of aryl methyl sites for hydroxylation is 1. The molecular weight excluding hydrogens is 299 g/mol. The lowest BCUT2D eigenvalue weighted by Gasteiger charge is -2.11. The standard InChI is InChI=1S/C13H21FN2O2S2/c1-4-15-9-11-8-12(7-10(2)13(11)14)20(17,18)16-5-6-19-3/h7-8,15-16H,4-6,9H2,1-3H3. The van der Waals surface area contributed by atoms with Gasteiger partial charge in [0.25, 0.3) is 0 Å². The molecule has 0 saturated heterocycles. The lowest BCUT2D eigenvalue weighted by atomic mass is 10.1. The second-order valence-electron chi connectivity index (χ2n) is 4.38. The number of sulfonamides is 1. The monoisotopic (exact) mass is 320 g/mol. The lowest BCUT2D eigenvalue weighted by molar-refractivity contribution is 0.574. The number of benzene rings is 1. The third-order valence-corrected chi connectivity index (χ3v) is 4.83. The van der Waals surface area contributed by atoms with Crippen molar-refractivity contribution in [3.63, 3.8) is 0 Å². The van der Waals surface area contributed by atoms with Crippen molar-refractivity contribution < 1.29 is 12.8 Å². The summed E-state index contributed by atoms with van der Waals surface area (Å²) < 4.78 is 40.7. The van der Waals surface area contributed by atoms with Gasteiger partial charge in [-0.25, -0.2) is 17.5 Å². The smallest absolute Gasteiger partial charge is 0.240 e. The maximum atomic E-state index is 13.9. The molecule has 0 aromatic heterocycles. The zero-order valence-electron chi connectivity index (χ0n) is 12.0. The summed E-state index contributed by atoms with van der Waals surface area (Å²) in [6.45, 7) is 4.86. The first-order chi connectivity index (χ1) is 9.42. The van der Waals surface area contributed by atoms with E-state index < -0.39 is 10.0 Å². The van der Waals surface area contributed by atoms with Crippen molar-refractivity contribution in [3.8, 4) is 0 Å². The van der Waals surface area contributed by atoms with Crippen LogP contribution in [-0.4, -0.2) is 33.5 Å². The van der Waals surface area contributed by atoms with Crippen molar-refractivity contribution in [1.82, 2.24) is 10.0 Å². The zero-order chi connectivity index (χ0) is 15.2. The molecule has 0 amide bonds. The van der Waals surface area contributed by atoms with Gasteiger partial charge < -0.3 is 5.32 Å². The van der Waals surface area contributed by atoms with Crippen LogP contribution < -0.4 is 10.0 Å². The van der Waals surface area contributed by atoms with Gasteiger partial charge in [0.05, 0.1) is 4.90 Å². The highest BCUT2D eigenvalue weighted by atomic mass is 32.2. The second-order valence-corrected chi connectivity index (χ2v) is 7.14. The fourth-order valence-electron chi connectivity index (χ4n) is 1.71. The maximum Gasteiger partial charge on any atom is 0.240 e. The molecule has 0 aliphatic rings. The van der Waals surface area contributed by atoms with Crippen LogP contribution in [0.1, 0.15) is 18.1 Å². The van der Waals surface area contributed by atoms with Gasteiger partial charge in [0.1, 0.15) is 5.82 Å². The van der Waals surface area contributed by atoms with E-state index in [4.69, 9.17) is 0 Å². The Morgan fingerprint density at radius 3 is 2.65 bits per heavy atom. The van der Waals surface area contributed by atoms with Crippen molar-refractivity contribution in [2.24, 2.45) is 0 Å². The molecule has 0 aliphatic heterocycles. The van der Waals surface area contributed by atoms with Crippen LogP contribution >= 0.6 is 11.8 Å². The molecule has 1 rings (SSSR count). The summed E-state index contributed by atoms with van der Waals surface area (Å²) in [5.74, 6) is 0.345. The predicted octanol–water partition coefficient (Wildman–Crippen LogP) is 1.88. The highest BCUT2D eigenvalue weighted by Gasteiger charge is 2.17. The quantitative estimate of drug-likeness (QED) is 0.718. The van der Waals surface area contributed by atoms with Crippen LogP contribution in [0, 0.1) is 12.7 Å². The molecule has 0 heterocycles.